The lowest BCUT2D eigenvalue weighted by atomic mass is 10.0. The molecule has 1 saturated carbocycles. The van der Waals surface area contributed by atoms with Crippen molar-refractivity contribution >= 4 is 44.1 Å². The quantitative estimate of drug-likeness (QED) is 0.0850. The molecule has 32 heavy (non-hydrogen) atoms. The van der Waals surface area contributed by atoms with Crippen molar-refractivity contribution in [2.75, 3.05) is 33.4 Å². The van der Waals surface area contributed by atoms with E-state index in [1.807, 2.05) is 4.90 Å². The number of hydrogen-bond acceptors (Lipinski definition) is 8. The number of hydrogen-bond donors (Lipinski definition) is 2. The fraction of sp³-hybridized carbons (Fsp3) is 0.619. The van der Waals surface area contributed by atoms with E-state index in [0.717, 1.165) is 92.4 Å². The second-order valence-corrected chi connectivity index (χ2v) is 9.36. The van der Waals surface area contributed by atoms with E-state index in [4.69, 9.17) is 14.2 Å². The summed E-state index contributed by atoms with van der Waals surface area (Å²) in [5.74, 6) is 0. The van der Waals surface area contributed by atoms with E-state index in [1.54, 1.807) is 0 Å². The van der Waals surface area contributed by atoms with Gasteiger partial charge in [0.05, 0.1) is 37.1 Å². The molecule has 0 bridgehead atoms. The standard InChI is InChI=1S/C21H32N5O4PS/c1-28-30-32-23-8-3-10-26-21-17(4-2-5-19(21)31)20(24-26)18(25(14-27)15-6-7-15)12-16-13-22-9-11-29-16/h2,4-5,14-16,18,22-23H,3,6-13,31H2,1H3. The van der Waals surface area contributed by atoms with Gasteiger partial charge in [0.15, 0.2) is 0 Å². The topological polar surface area (TPSA) is 89.9 Å². The van der Waals surface area contributed by atoms with Crippen molar-refractivity contribution in [2.45, 2.75) is 50.4 Å². The molecule has 4 rings (SSSR count). The van der Waals surface area contributed by atoms with Crippen molar-refractivity contribution in [1.82, 2.24) is 24.7 Å². The maximum atomic E-state index is 12.1. The highest BCUT2D eigenvalue weighted by molar-refractivity contribution is 7.92. The first-order valence-electron chi connectivity index (χ1n) is 11.1. The number of morpholine rings is 1. The van der Waals surface area contributed by atoms with Crippen LogP contribution in [0, 0.1) is 0 Å². The van der Waals surface area contributed by atoms with Crippen LogP contribution < -0.4 is 15.3 Å². The average Bonchev–Trinajstić information content (AvgIpc) is 3.58. The van der Waals surface area contributed by atoms with Crippen LogP contribution in [0.2, 0.25) is 0 Å². The van der Waals surface area contributed by atoms with Crippen molar-refractivity contribution < 1.29 is 18.8 Å². The van der Waals surface area contributed by atoms with Gasteiger partial charge in [-0.15, -0.1) is 13.6 Å². The minimum Gasteiger partial charge on any atom is -0.375 e. The lowest BCUT2D eigenvalue weighted by molar-refractivity contribution is -0.161. The Hall–Kier alpha value is -1.26. The first kappa shape index (κ1) is 23.9. The van der Waals surface area contributed by atoms with Crippen LogP contribution in [-0.4, -0.2) is 66.6 Å². The number of benzene rings is 1. The van der Waals surface area contributed by atoms with E-state index in [1.165, 1.54) is 7.11 Å². The van der Waals surface area contributed by atoms with E-state index in [0.29, 0.717) is 12.6 Å². The summed E-state index contributed by atoms with van der Waals surface area (Å²) >= 11 is 1.07. The summed E-state index contributed by atoms with van der Waals surface area (Å²) in [6.07, 6.45) is 4.79. The van der Waals surface area contributed by atoms with Crippen LogP contribution in [0.4, 0.5) is 0 Å². The zero-order valence-corrected chi connectivity index (χ0v) is 20.3. The Morgan fingerprint density at radius 2 is 2.38 bits per heavy atom. The van der Waals surface area contributed by atoms with E-state index in [2.05, 4.69) is 47.0 Å². The van der Waals surface area contributed by atoms with Gasteiger partial charge in [-0.3, -0.25) is 9.48 Å². The Balaban J connectivity index is 1.60. The Morgan fingerprint density at radius 3 is 3.09 bits per heavy atom. The van der Waals surface area contributed by atoms with E-state index in [-0.39, 0.29) is 12.1 Å². The number of fused-ring (bicyclic) bond motifs is 1. The molecular weight excluding hydrogens is 449 g/mol. The van der Waals surface area contributed by atoms with Crippen molar-refractivity contribution in [3.8, 4) is 0 Å². The van der Waals surface area contributed by atoms with Crippen LogP contribution in [0.5, 0.6) is 0 Å². The van der Waals surface area contributed by atoms with Crippen LogP contribution in [-0.2, 0) is 25.3 Å². The van der Waals surface area contributed by atoms with Gasteiger partial charge >= 0.3 is 0 Å². The van der Waals surface area contributed by atoms with Crippen molar-refractivity contribution in [3.05, 3.63) is 23.9 Å². The Bertz CT molecular complexity index is 890. The van der Waals surface area contributed by atoms with Crippen molar-refractivity contribution in [3.63, 3.8) is 0 Å². The first-order chi connectivity index (χ1) is 15.7. The number of carbonyl (C=O) groups excluding carboxylic acids is 1. The molecule has 3 unspecified atom stereocenters. The Labute approximate surface area is 195 Å². The molecule has 11 heteroatoms. The molecule has 1 aromatic heterocycles. The predicted molar refractivity (Wildman–Crippen MR) is 128 cm³/mol. The molecular formula is C21H32N5O4PS. The van der Waals surface area contributed by atoms with Crippen molar-refractivity contribution in [1.29, 1.82) is 0 Å². The summed E-state index contributed by atoms with van der Waals surface area (Å²) in [6.45, 7) is 3.87. The maximum absolute atomic E-state index is 12.1. The molecule has 1 aliphatic heterocycles. The highest BCUT2D eigenvalue weighted by atomic mass is 32.2. The molecule has 2 N–H and O–H groups in total. The number of para-hydroxylation sites is 1. The third kappa shape index (κ3) is 5.80. The van der Waals surface area contributed by atoms with Crippen LogP contribution in [0.15, 0.2) is 18.2 Å². The number of ether oxygens (including phenoxy) is 1. The van der Waals surface area contributed by atoms with Crippen LogP contribution >= 0.6 is 21.5 Å². The number of nitrogens with one attached hydrogen (secondary N) is 2. The summed E-state index contributed by atoms with van der Waals surface area (Å²) < 4.78 is 15.9. The molecule has 3 atom stereocenters. The minimum absolute atomic E-state index is 0.0661. The number of nitrogens with zero attached hydrogens (tertiary/aromatic N) is 3. The Morgan fingerprint density at radius 1 is 1.50 bits per heavy atom. The number of carbonyl (C=O) groups is 1. The summed E-state index contributed by atoms with van der Waals surface area (Å²) in [7, 11) is 4.30. The molecule has 9 nitrogen and oxygen atoms in total. The molecule has 2 aliphatic rings. The number of rotatable bonds is 13. The Kier molecular flexibility index (Phi) is 8.76. The van der Waals surface area contributed by atoms with Gasteiger partial charge in [-0.05, 0) is 24.6 Å². The van der Waals surface area contributed by atoms with Gasteiger partial charge in [-0.2, -0.15) is 5.10 Å². The summed E-state index contributed by atoms with van der Waals surface area (Å²) in [5, 5.41) is 10.7. The zero-order valence-electron chi connectivity index (χ0n) is 18.4. The summed E-state index contributed by atoms with van der Waals surface area (Å²) in [6, 6.07) is 6.44. The number of aromatic nitrogens is 2. The third-order valence-electron chi connectivity index (χ3n) is 5.90. The smallest absolute Gasteiger partial charge is 0.210 e. The molecule has 0 radical (unpaired) electrons. The van der Waals surface area contributed by atoms with Gasteiger partial charge in [0.25, 0.3) is 0 Å². The predicted octanol–water partition coefficient (Wildman–Crippen LogP) is 1.70. The summed E-state index contributed by atoms with van der Waals surface area (Å²) in [4.78, 5) is 18.7. The largest absolute Gasteiger partial charge is 0.375 e. The van der Waals surface area contributed by atoms with Crippen LogP contribution in [0.1, 0.15) is 37.4 Å². The van der Waals surface area contributed by atoms with Gasteiger partial charge < -0.3 is 15.0 Å². The second-order valence-electron chi connectivity index (χ2n) is 8.15. The molecule has 2 fully saturated rings. The highest BCUT2D eigenvalue weighted by Crippen LogP contribution is 2.38. The molecule has 0 spiro atoms. The SMILES string of the molecule is COOSNCCCn1nc(C(CC2CNCCO2)N(C=O)C2CC2)c2cccc(P)c21. The minimum atomic E-state index is -0.107. The van der Waals surface area contributed by atoms with Gasteiger partial charge in [-0.1, -0.05) is 18.2 Å². The number of aryl methyl sites for hydroxylation is 1. The molecule has 176 valence electrons. The molecule has 1 saturated heterocycles. The second kappa shape index (κ2) is 11.7. The lowest BCUT2D eigenvalue weighted by Crippen LogP contribution is -2.42. The summed E-state index contributed by atoms with van der Waals surface area (Å²) in [5.41, 5.74) is 2.06. The highest BCUT2D eigenvalue weighted by Gasteiger charge is 2.37. The van der Waals surface area contributed by atoms with Crippen LogP contribution in [0.3, 0.4) is 0 Å². The normalized spacial score (nSPS) is 19.9. The van der Waals surface area contributed by atoms with Gasteiger partial charge in [0, 0.05) is 44.0 Å². The van der Waals surface area contributed by atoms with E-state index < -0.39 is 0 Å². The third-order valence-corrected chi connectivity index (χ3v) is 6.89. The number of amides is 1. The fourth-order valence-electron chi connectivity index (χ4n) is 4.28. The molecule has 1 aromatic carbocycles. The fourth-order valence-corrected chi connectivity index (χ4v) is 5.04. The monoisotopic (exact) mass is 481 g/mol. The molecule has 1 aliphatic carbocycles. The molecule has 2 heterocycles. The van der Waals surface area contributed by atoms with Gasteiger partial charge in [0.1, 0.15) is 12.2 Å². The molecule has 1 amide bonds. The van der Waals surface area contributed by atoms with Crippen LogP contribution in [0.25, 0.3) is 10.9 Å². The molecule has 2 aromatic rings. The van der Waals surface area contributed by atoms with Crippen molar-refractivity contribution in [2.24, 2.45) is 0 Å². The van der Waals surface area contributed by atoms with Gasteiger partial charge in [0.2, 0.25) is 6.41 Å². The average molecular weight is 482 g/mol. The lowest BCUT2D eigenvalue weighted by Gasteiger charge is -2.32. The first-order valence-corrected chi connectivity index (χ1v) is 12.4. The zero-order chi connectivity index (χ0) is 22.3. The van der Waals surface area contributed by atoms with E-state index in [9.17, 15) is 4.79 Å². The van der Waals surface area contributed by atoms with E-state index >= 15 is 0 Å². The van der Waals surface area contributed by atoms with Gasteiger partial charge in [-0.25, -0.2) is 9.61 Å². The maximum Gasteiger partial charge on any atom is 0.210 e.